The van der Waals surface area contributed by atoms with E-state index in [1.54, 1.807) is 12.1 Å². The zero-order valence-corrected chi connectivity index (χ0v) is 16.5. The van der Waals surface area contributed by atoms with E-state index in [4.69, 9.17) is 21.1 Å². The summed E-state index contributed by atoms with van der Waals surface area (Å²) in [6.07, 6.45) is 0.413. The second-order valence-electron chi connectivity index (χ2n) is 6.73. The molecule has 0 amide bonds. The van der Waals surface area contributed by atoms with Crippen LogP contribution < -0.4 is 0 Å². The smallest absolute Gasteiger partial charge is 0.323 e. The van der Waals surface area contributed by atoms with E-state index in [1.807, 2.05) is 28.8 Å². The summed E-state index contributed by atoms with van der Waals surface area (Å²) in [6, 6.07) is 17.7. The minimum absolute atomic E-state index is 0.404. The molecule has 0 unspecified atom stereocenters. The Bertz CT molecular complexity index is 1430. The first kappa shape index (κ1) is 18.1. The lowest BCUT2D eigenvalue weighted by Crippen LogP contribution is -2.17. The predicted octanol–water partition coefficient (Wildman–Crippen LogP) is 4.44. The molecule has 0 bridgehead atoms. The summed E-state index contributed by atoms with van der Waals surface area (Å²) >= 11 is 6.39. The molecule has 0 fully saturated rings. The third-order valence-electron chi connectivity index (χ3n) is 4.98. The van der Waals surface area contributed by atoms with E-state index in [-0.39, 0.29) is 0 Å². The van der Waals surface area contributed by atoms with Crippen LogP contribution in [0.1, 0.15) is 12.0 Å². The minimum atomic E-state index is -4.67. The molecule has 9 heteroatoms. The summed E-state index contributed by atoms with van der Waals surface area (Å²) in [4.78, 5) is 4.77. The maximum atomic E-state index is 10.9. The molecule has 5 rings (SSSR count). The number of fused-ring (bicyclic) bond motifs is 1. The molecule has 1 N–H and O–H groups in total. The third-order valence-corrected chi connectivity index (χ3v) is 5.55. The van der Waals surface area contributed by atoms with Crippen LogP contribution in [0, 0.1) is 0 Å². The van der Waals surface area contributed by atoms with Crippen molar-refractivity contribution in [3.05, 3.63) is 65.2 Å². The molecule has 1 aliphatic rings. The highest BCUT2D eigenvalue weighted by atomic mass is 35.5. The number of rotatable bonds is 3. The molecule has 4 aromatic rings. The highest BCUT2D eigenvalue weighted by Crippen LogP contribution is 2.36. The summed E-state index contributed by atoms with van der Waals surface area (Å²) in [5, 5.41) is 6.36. The molecule has 0 radical (unpaired) electrons. The quantitative estimate of drug-likeness (QED) is 0.385. The van der Waals surface area contributed by atoms with E-state index in [0.29, 0.717) is 34.8 Å². The largest absolute Gasteiger partial charge is 0.466 e. The molecule has 29 heavy (non-hydrogen) atoms. The molecule has 0 saturated carbocycles. The molecule has 3 aromatic carbocycles. The van der Waals surface area contributed by atoms with E-state index < -0.39 is 10.4 Å². The van der Waals surface area contributed by atoms with Crippen LogP contribution in [0.4, 0.5) is 0 Å². The van der Waals surface area contributed by atoms with Gasteiger partial charge in [-0.3, -0.25) is 4.55 Å². The van der Waals surface area contributed by atoms with Gasteiger partial charge in [-0.2, -0.15) is 8.42 Å². The third kappa shape index (κ3) is 3.15. The molecule has 146 valence electrons. The zero-order chi connectivity index (χ0) is 20.2. The van der Waals surface area contributed by atoms with Crippen molar-refractivity contribution in [2.24, 2.45) is 5.16 Å². The first-order chi connectivity index (χ1) is 13.9. The van der Waals surface area contributed by atoms with E-state index in [9.17, 15) is 8.42 Å². The highest BCUT2D eigenvalue weighted by Gasteiger charge is 2.25. The van der Waals surface area contributed by atoms with Crippen molar-refractivity contribution >= 4 is 49.5 Å². The number of hydrogen-bond acceptors (Lipinski definition) is 5. The van der Waals surface area contributed by atoms with Gasteiger partial charge in [0.15, 0.2) is 0 Å². The molecular formula is C20H14ClN3O4S. The van der Waals surface area contributed by atoms with E-state index >= 15 is 0 Å². The Hall–Kier alpha value is -2.94. The lowest BCUT2D eigenvalue weighted by atomic mass is 10.0. The number of hydrogen-bond donors (Lipinski definition) is 1. The van der Waals surface area contributed by atoms with Gasteiger partial charge in [0, 0.05) is 24.1 Å². The second-order valence-corrected chi connectivity index (χ2v) is 8.14. The normalized spacial score (nSPS) is 15.3. The molecule has 1 aliphatic heterocycles. The Morgan fingerprint density at radius 2 is 1.90 bits per heavy atom. The van der Waals surface area contributed by atoms with Crippen LogP contribution in [0.15, 0.2) is 59.8 Å². The Morgan fingerprint density at radius 1 is 1.10 bits per heavy atom. The Kier molecular flexibility index (Phi) is 4.09. The van der Waals surface area contributed by atoms with Crippen LogP contribution >= 0.6 is 11.6 Å². The van der Waals surface area contributed by atoms with Crippen molar-refractivity contribution in [1.29, 1.82) is 0 Å². The Balaban J connectivity index is 1.72. The maximum absolute atomic E-state index is 10.9. The van der Waals surface area contributed by atoms with Crippen molar-refractivity contribution in [2.45, 2.75) is 13.0 Å². The van der Waals surface area contributed by atoms with Crippen LogP contribution in [0.3, 0.4) is 0 Å². The first-order valence-corrected chi connectivity index (χ1v) is 10.6. The SMILES string of the molecule is O=S(=O)(O)O/N=C1\CCn2c(-c3ccc4ccccc4c3)nc3c(Cl)ccc1c32. The number of aromatic nitrogens is 2. The molecule has 0 saturated heterocycles. The van der Waals surface area contributed by atoms with Gasteiger partial charge in [-0.25, -0.2) is 9.27 Å². The molecule has 0 spiro atoms. The summed E-state index contributed by atoms with van der Waals surface area (Å²) in [5.41, 5.74) is 3.38. The number of oxime groups is 1. The fraction of sp³-hybridized carbons (Fsp3) is 0.100. The van der Waals surface area contributed by atoms with Crippen molar-refractivity contribution < 1.29 is 17.3 Å². The number of benzene rings is 3. The molecule has 2 heterocycles. The minimum Gasteiger partial charge on any atom is -0.323 e. The monoisotopic (exact) mass is 427 g/mol. The van der Waals surface area contributed by atoms with Crippen molar-refractivity contribution in [2.75, 3.05) is 0 Å². The van der Waals surface area contributed by atoms with E-state index in [2.05, 4.69) is 27.6 Å². The predicted molar refractivity (Wildman–Crippen MR) is 111 cm³/mol. The molecule has 0 atom stereocenters. The molecule has 1 aromatic heterocycles. The first-order valence-electron chi connectivity index (χ1n) is 8.82. The highest BCUT2D eigenvalue weighted by molar-refractivity contribution is 7.80. The molecule has 0 aliphatic carbocycles. The Morgan fingerprint density at radius 3 is 2.69 bits per heavy atom. The summed E-state index contributed by atoms with van der Waals surface area (Å²) in [5.74, 6) is 0.773. The van der Waals surface area contributed by atoms with Gasteiger partial charge in [0.25, 0.3) is 0 Å². The number of halogens is 1. The van der Waals surface area contributed by atoms with Gasteiger partial charge in [-0.15, -0.1) is 0 Å². The summed E-state index contributed by atoms with van der Waals surface area (Å²) < 4.78 is 36.9. The lowest BCUT2D eigenvalue weighted by molar-refractivity contribution is 0.281. The fourth-order valence-corrected chi connectivity index (χ4v) is 4.12. The van der Waals surface area contributed by atoms with Crippen LogP contribution in [0.2, 0.25) is 5.02 Å². The number of nitrogens with zero attached hydrogens (tertiary/aromatic N) is 3. The lowest BCUT2D eigenvalue weighted by Gasteiger charge is -2.18. The average Bonchev–Trinajstić information content (AvgIpc) is 3.10. The van der Waals surface area contributed by atoms with Gasteiger partial charge in [0.2, 0.25) is 0 Å². The van der Waals surface area contributed by atoms with Crippen LogP contribution in [0.5, 0.6) is 0 Å². The van der Waals surface area contributed by atoms with Gasteiger partial charge in [-0.05, 0) is 29.0 Å². The van der Waals surface area contributed by atoms with Gasteiger partial charge in [0.05, 0.1) is 16.3 Å². The van der Waals surface area contributed by atoms with Crippen LogP contribution in [-0.4, -0.2) is 28.2 Å². The van der Waals surface area contributed by atoms with Crippen molar-refractivity contribution in [3.63, 3.8) is 0 Å². The van der Waals surface area contributed by atoms with Crippen molar-refractivity contribution in [1.82, 2.24) is 9.55 Å². The standard InChI is InChI=1S/C20H14ClN3O4S/c21-16-8-7-15-17(23-28-29(25,26)27)9-10-24-19(15)18(16)22-20(24)14-6-5-12-3-1-2-4-13(12)11-14/h1-8,11H,9-10H2,(H,25,26,27)/b23-17+. The summed E-state index contributed by atoms with van der Waals surface area (Å²) in [6.45, 7) is 0.514. The maximum Gasteiger partial charge on any atom is 0.466 e. The zero-order valence-electron chi connectivity index (χ0n) is 14.9. The van der Waals surface area contributed by atoms with E-state index in [1.165, 1.54) is 0 Å². The molecular weight excluding hydrogens is 414 g/mol. The van der Waals surface area contributed by atoms with Crippen LogP contribution in [-0.2, 0) is 21.2 Å². The topological polar surface area (TPSA) is 93.8 Å². The number of imidazole rings is 1. The van der Waals surface area contributed by atoms with E-state index in [0.717, 1.165) is 27.7 Å². The molecule has 7 nitrogen and oxygen atoms in total. The second kappa shape index (κ2) is 6.55. The van der Waals surface area contributed by atoms with Gasteiger partial charge >= 0.3 is 10.4 Å². The van der Waals surface area contributed by atoms with Crippen molar-refractivity contribution in [3.8, 4) is 11.4 Å². The van der Waals surface area contributed by atoms with Gasteiger partial charge in [-0.1, -0.05) is 53.2 Å². The summed E-state index contributed by atoms with van der Waals surface area (Å²) in [7, 11) is -4.67. The fourth-order valence-electron chi connectivity index (χ4n) is 3.75. The average molecular weight is 428 g/mol. The van der Waals surface area contributed by atoms with Gasteiger partial charge < -0.3 is 4.57 Å². The van der Waals surface area contributed by atoms with Crippen LogP contribution in [0.25, 0.3) is 33.2 Å². The number of aryl methyl sites for hydroxylation is 1. The Labute approximate surface area is 171 Å². The van der Waals surface area contributed by atoms with Gasteiger partial charge in [0.1, 0.15) is 11.3 Å².